The van der Waals surface area contributed by atoms with Crippen molar-refractivity contribution in [1.29, 1.82) is 0 Å². The SMILES string of the molecule is CCC(CC)(CNC(=NC)NCc1ncccc1C)NC(=O)OC(C)(C)C.I. The van der Waals surface area contributed by atoms with Crippen LogP contribution in [0.25, 0.3) is 0 Å². The average Bonchev–Trinajstić information content (AvgIpc) is 2.60. The zero-order valence-corrected chi connectivity index (χ0v) is 20.5. The molecule has 0 aliphatic rings. The minimum absolute atomic E-state index is 0. The summed E-state index contributed by atoms with van der Waals surface area (Å²) < 4.78 is 5.42. The van der Waals surface area contributed by atoms with E-state index >= 15 is 0 Å². The van der Waals surface area contributed by atoms with Crippen molar-refractivity contribution in [2.45, 2.75) is 72.1 Å². The van der Waals surface area contributed by atoms with E-state index in [1.54, 1.807) is 13.2 Å². The van der Waals surface area contributed by atoms with Gasteiger partial charge in [-0.2, -0.15) is 0 Å². The number of nitrogens with zero attached hydrogens (tertiary/aromatic N) is 2. The van der Waals surface area contributed by atoms with Gasteiger partial charge in [0, 0.05) is 19.8 Å². The van der Waals surface area contributed by atoms with Crippen molar-refractivity contribution in [3.63, 3.8) is 0 Å². The van der Waals surface area contributed by atoms with Crippen LogP contribution in [0.4, 0.5) is 4.79 Å². The Labute approximate surface area is 186 Å². The van der Waals surface area contributed by atoms with E-state index in [0.717, 1.165) is 24.1 Å². The Morgan fingerprint density at radius 2 is 1.86 bits per heavy atom. The first-order chi connectivity index (χ1) is 12.6. The third kappa shape index (κ3) is 9.07. The number of ether oxygens (including phenoxy) is 1. The maximum Gasteiger partial charge on any atom is 0.408 e. The van der Waals surface area contributed by atoms with Gasteiger partial charge in [-0.25, -0.2) is 4.79 Å². The molecule has 0 spiro atoms. The van der Waals surface area contributed by atoms with Crippen LogP contribution in [0.1, 0.15) is 58.7 Å². The summed E-state index contributed by atoms with van der Waals surface area (Å²) in [5.41, 5.74) is 1.16. The van der Waals surface area contributed by atoms with Gasteiger partial charge < -0.3 is 20.7 Å². The quantitative estimate of drug-likeness (QED) is 0.299. The number of rotatable bonds is 7. The van der Waals surface area contributed by atoms with Gasteiger partial charge in [-0.05, 0) is 52.2 Å². The molecule has 1 amide bonds. The van der Waals surface area contributed by atoms with Crippen molar-refractivity contribution < 1.29 is 9.53 Å². The van der Waals surface area contributed by atoms with E-state index < -0.39 is 17.2 Å². The molecule has 0 bridgehead atoms. The second-order valence-corrected chi connectivity index (χ2v) is 7.66. The highest BCUT2D eigenvalue weighted by atomic mass is 127. The van der Waals surface area contributed by atoms with Crippen molar-refractivity contribution in [1.82, 2.24) is 20.9 Å². The Morgan fingerprint density at radius 1 is 1.21 bits per heavy atom. The molecule has 0 fully saturated rings. The molecule has 8 heteroatoms. The molecule has 0 aliphatic heterocycles. The van der Waals surface area contributed by atoms with E-state index in [2.05, 4.69) is 39.8 Å². The Kier molecular flexibility index (Phi) is 11.4. The fourth-order valence-corrected chi connectivity index (χ4v) is 2.59. The molecule has 0 aliphatic carbocycles. The Hall–Kier alpha value is -1.58. The molecule has 1 rings (SSSR count). The molecular formula is C20H36IN5O2. The van der Waals surface area contributed by atoms with E-state index in [-0.39, 0.29) is 24.0 Å². The number of hydrogen-bond acceptors (Lipinski definition) is 4. The van der Waals surface area contributed by atoms with Crippen LogP contribution in [0.2, 0.25) is 0 Å². The Bertz CT molecular complexity index is 640. The van der Waals surface area contributed by atoms with Crippen molar-refractivity contribution in [2.24, 2.45) is 4.99 Å². The minimum atomic E-state index is -0.525. The number of pyridine rings is 1. The maximum absolute atomic E-state index is 12.2. The molecule has 1 aromatic heterocycles. The van der Waals surface area contributed by atoms with E-state index in [1.807, 2.05) is 39.8 Å². The first-order valence-corrected chi connectivity index (χ1v) is 9.51. The summed E-state index contributed by atoms with van der Waals surface area (Å²) in [7, 11) is 1.72. The number of aryl methyl sites for hydroxylation is 1. The number of halogens is 1. The highest BCUT2D eigenvalue weighted by Crippen LogP contribution is 2.16. The fraction of sp³-hybridized carbons (Fsp3) is 0.650. The van der Waals surface area contributed by atoms with Crippen molar-refractivity contribution >= 4 is 36.0 Å². The third-order valence-electron chi connectivity index (χ3n) is 4.48. The number of nitrogens with one attached hydrogen (secondary N) is 3. The summed E-state index contributed by atoms with van der Waals surface area (Å²) in [5, 5.41) is 9.61. The maximum atomic E-state index is 12.2. The van der Waals surface area contributed by atoms with Gasteiger partial charge in [0.15, 0.2) is 5.96 Å². The van der Waals surface area contributed by atoms with Crippen LogP contribution in [0, 0.1) is 6.92 Å². The molecule has 28 heavy (non-hydrogen) atoms. The van der Waals surface area contributed by atoms with E-state index in [9.17, 15) is 4.79 Å². The van der Waals surface area contributed by atoms with Crippen molar-refractivity contribution in [2.75, 3.05) is 13.6 Å². The molecular weight excluding hydrogens is 469 g/mol. The molecule has 0 aromatic carbocycles. The van der Waals surface area contributed by atoms with Gasteiger partial charge >= 0.3 is 6.09 Å². The van der Waals surface area contributed by atoms with E-state index in [0.29, 0.717) is 19.0 Å². The van der Waals surface area contributed by atoms with Crippen molar-refractivity contribution in [3.8, 4) is 0 Å². The molecule has 0 radical (unpaired) electrons. The number of aliphatic imine (C=N–C) groups is 1. The molecule has 0 atom stereocenters. The van der Waals surface area contributed by atoms with Crippen LogP contribution >= 0.6 is 24.0 Å². The molecule has 160 valence electrons. The molecule has 1 heterocycles. The topological polar surface area (TPSA) is 87.6 Å². The van der Waals surface area contributed by atoms with Crippen LogP contribution in [-0.2, 0) is 11.3 Å². The van der Waals surface area contributed by atoms with Gasteiger partial charge in [0.05, 0.1) is 17.8 Å². The van der Waals surface area contributed by atoms with E-state index in [4.69, 9.17) is 4.74 Å². The summed E-state index contributed by atoms with van der Waals surface area (Å²) >= 11 is 0. The predicted octanol–water partition coefficient (Wildman–Crippen LogP) is 3.76. The number of carbonyl (C=O) groups is 1. The molecule has 0 unspecified atom stereocenters. The van der Waals surface area contributed by atoms with Crippen LogP contribution < -0.4 is 16.0 Å². The Morgan fingerprint density at radius 3 is 2.36 bits per heavy atom. The van der Waals surface area contributed by atoms with Gasteiger partial charge in [-0.15, -0.1) is 24.0 Å². The lowest BCUT2D eigenvalue weighted by atomic mass is 9.93. The Balaban J connectivity index is 0.00000729. The average molecular weight is 505 g/mol. The zero-order valence-electron chi connectivity index (χ0n) is 18.2. The largest absolute Gasteiger partial charge is 0.444 e. The fourth-order valence-electron chi connectivity index (χ4n) is 2.59. The molecule has 3 N–H and O–H groups in total. The lowest BCUT2D eigenvalue weighted by Crippen LogP contribution is -2.57. The summed E-state index contributed by atoms with van der Waals surface area (Å²) in [6.07, 6.45) is 2.92. The van der Waals surface area contributed by atoms with Crippen molar-refractivity contribution in [3.05, 3.63) is 29.6 Å². The summed E-state index contributed by atoms with van der Waals surface area (Å²) in [6.45, 7) is 12.8. The van der Waals surface area contributed by atoms with Crippen LogP contribution in [0.5, 0.6) is 0 Å². The normalized spacial score (nSPS) is 12.0. The number of alkyl carbamates (subject to hydrolysis) is 1. The van der Waals surface area contributed by atoms with Gasteiger partial charge in [-0.3, -0.25) is 9.98 Å². The molecule has 0 saturated carbocycles. The van der Waals surface area contributed by atoms with Gasteiger partial charge in [-0.1, -0.05) is 19.9 Å². The highest BCUT2D eigenvalue weighted by molar-refractivity contribution is 14.0. The predicted molar refractivity (Wildman–Crippen MR) is 125 cm³/mol. The van der Waals surface area contributed by atoms with Gasteiger partial charge in [0.1, 0.15) is 5.60 Å². The highest BCUT2D eigenvalue weighted by Gasteiger charge is 2.30. The zero-order chi connectivity index (χ0) is 20.5. The molecule has 1 aromatic rings. The summed E-state index contributed by atoms with van der Waals surface area (Å²) in [6, 6.07) is 3.95. The standard InChI is InChI=1S/C20H35N5O2.HI/c1-8-20(9-2,25-18(26)27-19(4,5)6)14-24-17(21-7)23-13-16-15(3)11-10-12-22-16;/h10-12H,8-9,13-14H2,1-7H3,(H,25,26)(H2,21,23,24);1H. The summed E-state index contributed by atoms with van der Waals surface area (Å²) in [4.78, 5) is 20.9. The van der Waals surface area contributed by atoms with Gasteiger partial charge in [0.25, 0.3) is 0 Å². The lowest BCUT2D eigenvalue weighted by molar-refractivity contribution is 0.0448. The first-order valence-electron chi connectivity index (χ1n) is 9.51. The second-order valence-electron chi connectivity index (χ2n) is 7.66. The summed E-state index contributed by atoms with van der Waals surface area (Å²) in [5.74, 6) is 0.664. The first kappa shape index (κ1) is 26.4. The molecule has 0 saturated heterocycles. The smallest absolute Gasteiger partial charge is 0.408 e. The van der Waals surface area contributed by atoms with Crippen LogP contribution in [0.15, 0.2) is 23.3 Å². The lowest BCUT2D eigenvalue weighted by Gasteiger charge is -2.34. The number of guanidine groups is 1. The molecule has 7 nitrogen and oxygen atoms in total. The monoisotopic (exact) mass is 505 g/mol. The number of amides is 1. The van der Waals surface area contributed by atoms with Gasteiger partial charge in [0.2, 0.25) is 0 Å². The van der Waals surface area contributed by atoms with Crippen LogP contribution in [-0.4, -0.2) is 41.8 Å². The third-order valence-corrected chi connectivity index (χ3v) is 4.48. The minimum Gasteiger partial charge on any atom is -0.444 e. The van der Waals surface area contributed by atoms with Crippen LogP contribution in [0.3, 0.4) is 0 Å². The number of aromatic nitrogens is 1. The number of hydrogen-bond donors (Lipinski definition) is 3. The number of carbonyl (C=O) groups excluding carboxylic acids is 1. The van der Waals surface area contributed by atoms with E-state index in [1.165, 1.54) is 0 Å². The second kappa shape index (κ2) is 12.1.